The van der Waals surface area contributed by atoms with Crippen LogP contribution in [0.4, 0.5) is 0 Å². The van der Waals surface area contributed by atoms with Crippen molar-refractivity contribution in [2.75, 3.05) is 0 Å². The van der Waals surface area contributed by atoms with Crippen LogP contribution in [0.15, 0.2) is 30.3 Å². The largest absolute Gasteiger partial charge is 0.293 e. The van der Waals surface area contributed by atoms with E-state index in [0.29, 0.717) is 12.1 Å². The van der Waals surface area contributed by atoms with Crippen LogP contribution in [0.1, 0.15) is 33.3 Å². The first-order valence-corrected chi connectivity index (χ1v) is 6.41. The van der Waals surface area contributed by atoms with Crippen molar-refractivity contribution < 1.29 is 0 Å². The standard InChI is InChI=1S/C15H23N/c1-11-12(2)14(4)16(13(11)3)10-15-8-6-5-7-9-15/h5-9,11-14H,10H2,1-4H3/t11-,12+,13-,14+. The third-order valence-electron chi connectivity index (χ3n) is 4.61. The van der Waals surface area contributed by atoms with E-state index in [1.54, 1.807) is 0 Å². The maximum Gasteiger partial charge on any atom is 0.0239 e. The molecule has 1 heteroatoms. The van der Waals surface area contributed by atoms with E-state index in [1.807, 2.05) is 0 Å². The Hall–Kier alpha value is -0.820. The SMILES string of the molecule is C[C@@H]1[C@H](C)[C@H](C)N(Cc2ccccc2)[C@@H]1C. The van der Waals surface area contributed by atoms with Crippen molar-refractivity contribution in [1.82, 2.24) is 4.90 Å². The van der Waals surface area contributed by atoms with Crippen LogP contribution in [0.25, 0.3) is 0 Å². The van der Waals surface area contributed by atoms with Gasteiger partial charge >= 0.3 is 0 Å². The molecule has 16 heavy (non-hydrogen) atoms. The molecule has 1 aliphatic heterocycles. The summed E-state index contributed by atoms with van der Waals surface area (Å²) in [6, 6.07) is 12.2. The second kappa shape index (κ2) is 4.58. The minimum atomic E-state index is 0.699. The van der Waals surface area contributed by atoms with Crippen molar-refractivity contribution in [2.24, 2.45) is 11.8 Å². The molecule has 0 amide bonds. The van der Waals surface area contributed by atoms with Crippen LogP contribution in [-0.2, 0) is 6.54 Å². The van der Waals surface area contributed by atoms with Crippen LogP contribution >= 0.6 is 0 Å². The zero-order valence-corrected chi connectivity index (χ0v) is 10.9. The fourth-order valence-corrected chi connectivity index (χ4v) is 2.94. The maximum atomic E-state index is 2.64. The highest BCUT2D eigenvalue weighted by atomic mass is 15.2. The molecule has 1 aromatic rings. The van der Waals surface area contributed by atoms with Gasteiger partial charge in [-0.3, -0.25) is 4.90 Å². The lowest BCUT2D eigenvalue weighted by Gasteiger charge is -2.27. The van der Waals surface area contributed by atoms with Crippen molar-refractivity contribution in [3.8, 4) is 0 Å². The molecule has 0 unspecified atom stereocenters. The monoisotopic (exact) mass is 217 g/mol. The molecule has 2 rings (SSSR count). The highest BCUT2D eigenvalue weighted by Crippen LogP contribution is 2.35. The average Bonchev–Trinajstić information content (AvgIpc) is 2.48. The molecule has 4 atom stereocenters. The predicted octanol–water partition coefficient (Wildman–Crippen LogP) is 3.55. The Labute approximate surface area is 99.5 Å². The van der Waals surface area contributed by atoms with E-state index in [-0.39, 0.29) is 0 Å². The van der Waals surface area contributed by atoms with E-state index < -0.39 is 0 Å². The molecule has 1 fully saturated rings. The minimum absolute atomic E-state index is 0.699. The zero-order chi connectivity index (χ0) is 11.7. The Balaban J connectivity index is 2.11. The number of rotatable bonds is 2. The Morgan fingerprint density at radius 1 is 0.875 bits per heavy atom. The van der Waals surface area contributed by atoms with Gasteiger partial charge in [-0.1, -0.05) is 44.2 Å². The molecule has 1 nitrogen and oxygen atoms in total. The van der Waals surface area contributed by atoms with Gasteiger partial charge in [-0.25, -0.2) is 0 Å². The molecule has 0 radical (unpaired) electrons. The van der Waals surface area contributed by atoms with Gasteiger partial charge in [0, 0.05) is 18.6 Å². The topological polar surface area (TPSA) is 3.24 Å². The smallest absolute Gasteiger partial charge is 0.0239 e. The summed E-state index contributed by atoms with van der Waals surface area (Å²) in [7, 11) is 0. The molecule has 0 aliphatic carbocycles. The first-order chi connectivity index (χ1) is 7.61. The summed E-state index contributed by atoms with van der Waals surface area (Å²) in [6.07, 6.45) is 0. The molecule has 1 aliphatic rings. The number of benzene rings is 1. The Morgan fingerprint density at radius 2 is 1.38 bits per heavy atom. The van der Waals surface area contributed by atoms with Gasteiger partial charge in [0.2, 0.25) is 0 Å². The van der Waals surface area contributed by atoms with Gasteiger partial charge < -0.3 is 0 Å². The molecule has 0 saturated carbocycles. The molecule has 0 bridgehead atoms. The fourth-order valence-electron chi connectivity index (χ4n) is 2.94. The molecule has 0 spiro atoms. The van der Waals surface area contributed by atoms with Gasteiger partial charge in [0.25, 0.3) is 0 Å². The highest BCUT2D eigenvalue weighted by Gasteiger charge is 2.38. The molecule has 1 saturated heterocycles. The maximum absolute atomic E-state index is 2.64. The van der Waals surface area contributed by atoms with Gasteiger partial charge in [-0.15, -0.1) is 0 Å². The van der Waals surface area contributed by atoms with Crippen LogP contribution in [0, 0.1) is 11.8 Å². The van der Waals surface area contributed by atoms with Crippen LogP contribution < -0.4 is 0 Å². The summed E-state index contributed by atoms with van der Waals surface area (Å²) < 4.78 is 0. The Bertz CT molecular complexity index is 319. The lowest BCUT2D eigenvalue weighted by molar-refractivity contribution is 0.189. The van der Waals surface area contributed by atoms with Crippen LogP contribution in [0.2, 0.25) is 0 Å². The third kappa shape index (κ3) is 2.01. The number of hydrogen-bond donors (Lipinski definition) is 0. The molecular formula is C15H23N. The van der Waals surface area contributed by atoms with Crippen LogP contribution in [-0.4, -0.2) is 17.0 Å². The second-order valence-electron chi connectivity index (χ2n) is 5.36. The third-order valence-corrected chi connectivity index (χ3v) is 4.61. The molecule has 0 N–H and O–H groups in total. The first kappa shape index (κ1) is 11.7. The molecule has 88 valence electrons. The summed E-state index contributed by atoms with van der Waals surface area (Å²) in [4.78, 5) is 2.64. The molecule has 0 aromatic heterocycles. The van der Waals surface area contributed by atoms with E-state index in [1.165, 1.54) is 5.56 Å². The minimum Gasteiger partial charge on any atom is -0.293 e. The number of likely N-dealkylation sites (tertiary alicyclic amines) is 1. The van der Waals surface area contributed by atoms with E-state index in [4.69, 9.17) is 0 Å². The molecule has 1 aromatic carbocycles. The Morgan fingerprint density at radius 3 is 1.88 bits per heavy atom. The Kier molecular flexibility index (Phi) is 3.34. The zero-order valence-electron chi connectivity index (χ0n) is 10.9. The quantitative estimate of drug-likeness (QED) is 0.732. The lowest BCUT2D eigenvalue weighted by atomic mass is 9.92. The highest BCUT2D eigenvalue weighted by molar-refractivity contribution is 5.15. The summed E-state index contributed by atoms with van der Waals surface area (Å²) >= 11 is 0. The van der Waals surface area contributed by atoms with Gasteiger partial charge in [-0.2, -0.15) is 0 Å². The predicted molar refractivity (Wildman–Crippen MR) is 69.2 cm³/mol. The summed E-state index contributed by atoms with van der Waals surface area (Å²) in [5.41, 5.74) is 1.43. The fraction of sp³-hybridized carbons (Fsp3) is 0.600. The molecular weight excluding hydrogens is 194 g/mol. The first-order valence-electron chi connectivity index (χ1n) is 6.41. The van der Waals surface area contributed by atoms with Crippen molar-refractivity contribution in [3.63, 3.8) is 0 Å². The average molecular weight is 217 g/mol. The normalized spacial score (nSPS) is 35.5. The molecule has 1 heterocycles. The van der Waals surface area contributed by atoms with E-state index in [2.05, 4.69) is 62.9 Å². The van der Waals surface area contributed by atoms with Crippen LogP contribution in [0.3, 0.4) is 0 Å². The van der Waals surface area contributed by atoms with Crippen molar-refractivity contribution in [3.05, 3.63) is 35.9 Å². The van der Waals surface area contributed by atoms with Crippen molar-refractivity contribution in [1.29, 1.82) is 0 Å². The van der Waals surface area contributed by atoms with Crippen molar-refractivity contribution in [2.45, 2.75) is 46.3 Å². The van der Waals surface area contributed by atoms with Gasteiger partial charge in [0.15, 0.2) is 0 Å². The van der Waals surface area contributed by atoms with E-state index >= 15 is 0 Å². The number of hydrogen-bond acceptors (Lipinski definition) is 1. The van der Waals surface area contributed by atoms with E-state index in [0.717, 1.165) is 18.4 Å². The lowest BCUT2D eigenvalue weighted by Crippen LogP contribution is -2.33. The summed E-state index contributed by atoms with van der Waals surface area (Å²) in [5.74, 6) is 1.61. The summed E-state index contributed by atoms with van der Waals surface area (Å²) in [5, 5.41) is 0. The summed E-state index contributed by atoms with van der Waals surface area (Å²) in [6.45, 7) is 10.6. The van der Waals surface area contributed by atoms with Gasteiger partial charge in [0.1, 0.15) is 0 Å². The van der Waals surface area contributed by atoms with Gasteiger partial charge in [0.05, 0.1) is 0 Å². The second-order valence-corrected chi connectivity index (χ2v) is 5.36. The van der Waals surface area contributed by atoms with Gasteiger partial charge in [-0.05, 0) is 31.2 Å². The van der Waals surface area contributed by atoms with Crippen LogP contribution in [0.5, 0.6) is 0 Å². The van der Waals surface area contributed by atoms with E-state index in [9.17, 15) is 0 Å². The number of nitrogens with zero attached hydrogens (tertiary/aromatic N) is 1. The van der Waals surface area contributed by atoms with Crippen molar-refractivity contribution >= 4 is 0 Å².